The number of carbonyl (C=O) groups is 2. The van der Waals surface area contributed by atoms with Crippen molar-refractivity contribution in [2.75, 3.05) is 13.1 Å². The molecule has 42 heavy (non-hydrogen) atoms. The van der Waals surface area contributed by atoms with Crippen molar-refractivity contribution >= 4 is 11.8 Å². The van der Waals surface area contributed by atoms with Crippen molar-refractivity contribution in [3.8, 4) is 0 Å². The van der Waals surface area contributed by atoms with E-state index in [-0.39, 0.29) is 41.3 Å². The maximum atomic E-state index is 13.5. The lowest BCUT2D eigenvalue weighted by atomic mass is 9.83. The average Bonchev–Trinajstić information content (AvgIpc) is 2.96. The number of nitrogens with zero attached hydrogens (tertiary/aromatic N) is 1. The first-order chi connectivity index (χ1) is 19.8. The number of benzene rings is 2. The quantitative estimate of drug-likeness (QED) is 0.341. The zero-order valence-electron chi connectivity index (χ0n) is 23.6. The molecule has 0 radical (unpaired) electrons. The highest BCUT2D eigenvalue weighted by atomic mass is 19.4. The van der Waals surface area contributed by atoms with E-state index in [9.17, 15) is 35.9 Å². The molecule has 4 rings (SSSR count). The van der Waals surface area contributed by atoms with Gasteiger partial charge in [0.1, 0.15) is 0 Å². The van der Waals surface area contributed by atoms with E-state index in [2.05, 4.69) is 5.32 Å². The number of ether oxygens (including phenoxy) is 1. The number of likely N-dealkylation sites (tertiary alicyclic amines) is 1. The molecule has 2 aliphatic rings. The molecule has 3 atom stereocenters. The first-order valence-corrected chi connectivity index (χ1v) is 14.3. The van der Waals surface area contributed by atoms with E-state index >= 15 is 0 Å². The molecule has 0 spiro atoms. The topological polar surface area (TPSA) is 58.6 Å². The number of hydrogen-bond donors (Lipinski definition) is 1. The second-order valence-corrected chi connectivity index (χ2v) is 11.2. The van der Waals surface area contributed by atoms with Crippen LogP contribution in [0.15, 0.2) is 48.5 Å². The molecular formula is C31H36F6N2O3. The van der Waals surface area contributed by atoms with Crippen LogP contribution in [0.1, 0.15) is 86.6 Å². The van der Waals surface area contributed by atoms with Gasteiger partial charge in [-0.05, 0) is 68.4 Å². The van der Waals surface area contributed by atoms with Crippen LogP contribution < -0.4 is 5.32 Å². The molecule has 0 bridgehead atoms. The summed E-state index contributed by atoms with van der Waals surface area (Å²) >= 11 is 0. The van der Waals surface area contributed by atoms with Gasteiger partial charge < -0.3 is 15.0 Å². The average molecular weight is 599 g/mol. The van der Waals surface area contributed by atoms with Gasteiger partial charge in [0.25, 0.3) is 0 Å². The molecule has 1 N–H and O–H groups in total. The van der Waals surface area contributed by atoms with E-state index in [0.29, 0.717) is 50.9 Å². The van der Waals surface area contributed by atoms with Crippen molar-refractivity contribution in [2.45, 2.75) is 88.9 Å². The van der Waals surface area contributed by atoms with Crippen LogP contribution in [-0.4, -0.2) is 41.9 Å². The number of carbonyl (C=O) groups excluding carboxylic acids is 2. The standard InChI is InChI=1S/C31H36F6N2O3/c1-3-28(40)38-25-11-9-21(10-12-25)29(41)39-14-13-27(26(18-39)20-7-5-4-6-8-20)42-19(2)22-15-23(30(32,33)34)17-24(16-22)31(35,36)37/h4-8,15-17,19,21,25-27H,3,9-14,18H2,1-2H3,(H,38,40)/t19-,21?,25?,26+,27+/m0/s1. The summed E-state index contributed by atoms with van der Waals surface area (Å²) in [7, 11) is 0. The summed E-state index contributed by atoms with van der Waals surface area (Å²) in [5.41, 5.74) is -2.11. The Kier molecular flexibility index (Phi) is 9.90. The van der Waals surface area contributed by atoms with Gasteiger partial charge in [-0.2, -0.15) is 26.3 Å². The van der Waals surface area contributed by atoms with Crippen molar-refractivity contribution < 1.29 is 40.7 Å². The predicted molar refractivity (Wildman–Crippen MR) is 144 cm³/mol. The normalized spacial score (nSPS) is 24.2. The van der Waals surface area contributed by atoms with Crippen molar-refractivity contribution in [1.29, 1.82) is 0 Å². The molecule has 2 amide bonds. The van der Waals surface area contributed by atoms with E-state index in [1.54, 1.807) is 11.8 Å². The number of piperidine rings is 1. The van der Waals surface area contributed by atoms with Gasteiger partial charge in [0.2, 0.25) is 11.8 Å². The van der Waals surface area contributed by atoms with Crippen LogP contribution >= 0.6 is 0 Å². The number of hydrogen-bond acceptors (Lipinski definition) is 3. The first-order valence-electron chi connectivity index (χ1n) is 14.3. The summed E-state index contributed by atoms with van der Waals surface area (Å²) in [5, 5.41) is 2.99. The molecule has 1 heterocycles. The molecule has 1 aliphatic carbocycles. The van der Waals surface area contributed by atoms with Gasteiger partial charge in [0, 0.05) is 37.4 Å². The third kappa shape index (κ3) is 7.85. The van der Waals surface area contributed by atoms with Gasteiger partial charge in [0.05, 0.1) is 23.3 Å². The van der Waals surface area contributed by atoms with Crippen molar-refractivity contribution in [2.24, 2.45) is 5.92 Å². The highest BCUT2D eigenvalue weighted by Crippen LogP contribution is 2.40. The highest BCUT2D eigenvalue weighted by molar-refractivity contribution is 5.79. The van der Waals surface area contributed by atoms with Crippen LogP contribution in [0.3, 0.4) is 0 Å². The molecule has 5 nitrogen and oxygen atoms in total. The van der Waals surface area contributed by atoms with Crippen LogP contribution in [-0.2, 0) is 26.7 Å². The fraction of sp³-hybridized carbons (Fsp3) is 0.548. The summed E-state index contributed by atoms with van der Waals surface area (Å²) in [6.07, 6.45) is -7.94. The fourth-order valence-electron chi connectivity index (χ4n) is 5.94. The molecule has 2 aromatic rings. The Balaban J connectivity index is 1.50. The van der Waals surface area contributed by atoms with Crippen LogP contribution in [0, 0.1) is 5.92 Å². The fourth-order valence-corrected chi connectivity index (χ4v) is 5.94. The Morgan fingerprint density at radius 1 is 0.929 bits per heavy atom. The smallest absolute Gasteiger partial charge is 0.370 e. The van der Waals surface area contributed by atoms with Crippen LogP contribution in [0.5, 0.6) is 0 Å². The number of alkyl halides is 6. The molecule has 11 heteroatoms. The Hall–Kier alpha value is -3.08. The second kappa shape index (κ2) is 13.1. The lowest BCUT2D eigenvalue weighted by Crippen LogP contribution is -2.49. The van der Waals surface area contributed by atoms with Gasteiger partial charge >= 0.3 is 12.4 Å². The molecule has 1 aliphatic heterocycles. The van der Waals surface area contributed by atoms with Crippen LogP contribution in [0.2, 0.25) is 0 Å². The Bertz CT molecular complexity index is 1190. The largest absolute Gasteiger partial charge is 0.416 e. The van der Waals surface area contributed by atoms with Crippen LogP contribution in [0.25, 0.3) is 0 Å². The minimum absolute atomic E-state index is 0.00783. The molecule has 0 unspecified atom stereocenters. The summed E-state index contributed by atoms with van der Waals surface area (Å²) in [6.45, 7) is 3.93. The Morgan fingerprint density at radius 3 is 2.07 bits per heavy atom. The molecule has 230 valence electrons. The van der Waals surface area contributed by atoms with Gasteiger partial charge in [-0.25, -0.2) is 0 Å². The molecule has 2 aromatic carbocycles. The number of rotatable bonds is 7. The van der Waals surface area contributed by atoms with Crippen molar-refractivity contribution in [3.05, 3.63) is 70.8 Å². The third-order valence-electron chi connectivity index (χ3n) is 8.31. The number of halogens is 6. The van der Waals surface area contributed by atoms with Gasteiger partial charge in [-0.15, -0.1) is 0 Å². The molecule has 1 saturated carbocycles. The highest BCUT2D eigenvalue weighted by Gasteiger charge is 2.40. The molecule has 0 aromatic heterocycles. The first kappa shape index (κ1) is 31.8. The van der Waals surface area contributed by atoms with Gasteiger partial charge in [-0.1, -0.05) is 37.3 Å². The third-order valence-corrected chi connectivity index (χ3v) is 8.31. The summed E-state index contributed by atoms with van der Waals surface area (Å²) in [6, 6.07) is 10.9. The van der Waals surface area contributed by atoms with Crippen molar-refractivity contribution in [3.63, 3.8) is 0 Å². The minimum atomic E-state index is -4.95. The van der Waals surface area contributed by atoms with E-state index in [1.807, 2.05) is 30.3 Å². The van der Waals surface area contributed by atoms with E-state index in [4.69, 9.17) is 4.74 Å². The van der Waals surface area contributed by atoms with Crippen LogP contribution in [0.4, 0.5) is 26.3 Å². The Morgan fingerprint density at radius 2 is 1.52 bits per heavy atom. The maximum Gasteiger partial charge on any atom is 0.416 e. The number of amides is 2. The van der Waals surface area contributed by atoms with E-state index < -0.39 is 35.7 Å². The second-order valence-electron chi connectivity index (χ2n) is 11.2. The summed E-state index contributed by atoms with van der Waals surface area (Å²) < 4.78 is 86.9. The lowest BCUT2D eigenvalue weighted by Gasteiger charge is -2.42. The van der Waals surface area contributed by atoms with E-state index in [0.717, 1.165) is 18.4 Å². The maximum absolute atomic E-state index is 13.5. The number of nitrogens with one attached hydrogen (secondary N) is 1. The van der Waals surface area contributed by atoms with Crippen molar-refractivity contribution in [1.82, 2.24) is 10.2 Å². The summed E-state index contributed by atoms with van der Waals surface area (Å²) in [4.78, 5) is 27.0. The minimum Gasteiger partial charge on any atom is -0.370 e. The monoisotopic (exact) mass is 598 g/mol. The zero-order valence-corrected chi connectivity index (χ0v) is 23.6. The van der Waals surface area contributed by atoms with Gasteiger partial charge in [-0.3, -0.25) is 9.59 Å². The van der Waals surface area contributed by atoms with Gasteiger partial charge in [0.15, 0.2) is 0 Å². The molecular weight excluding hydrogens is 562 g/mol. The summed E-state index contributed by atoms with van der Waals surface area (Å²) in [5.74, 6) is -0.472. The van der Waals surface area contributed by atoms with E-state index in [1.165, 1.54) is 6.92 Å². The molecule has 1 saturated heterocycles. The molecule has 2 fully saturated rings. The SMILES string of the molecule is CCC(=O)NC1CCC(C(=O)N2CC[C@@H](O[C@@H](C)c3cc(C(F)(F)F)cc(C(F)(F)F)c3)[C@@H](c3ccccc3)C2)CC1. The Labute approximate surface area is 241 Å². The zero-order chi connectivity index (χ0) is 30.7. The predicted octanol–water partition coefficient (Wildman–Crippen LogP) is 7.27. The lowest BCUT2D eigenvalue weighted by molar-refractivity contribution is -0.143.